The Morgan fingerprint density at radius 1 is 1.48 bits per heavy atom. The lowest BCUT2D eigenvalue weighted by atomic mass is 9.95. The summed E-state index contributed by atoms with van der Waals surface area (Å²) in [7, 11) is 0. The van der Waals surface area contributed by atoms with E-state index >= 15 is 0 Å². The molecular weight excluding hydrogens is 368 g/mol. The van der Waals surface area contributed by atoms with E-state index < -0.39 is 0 Å². The summed E-state index contributed by atoms with van der Waals surface area (Å²) in [5.41, 5.74) is 0. The van der Waals surface area contributed by atoms with Crippen LogP contribution in [0.15, 0.2) is 22.8 Å². The van der Waals surface area contributed by atoms with Crippen LogP contribution in [0.5, 0.6) is 5.88 Å². The third-order valence-electron chi connectivity index (χ3n) is 4.88. The summed E-state index contributed by atoms with van der Waals surface area (Å²) >= 11 is 1.41. The fraction of sp³-hybridized carbons (Fsp3) is 0.500. The minimum absolute atomic E-state index is 0.0722. The molecule has 0 amide bonds. The van der Waals surface area contributed by atoms with Crippen molar-refractivity contribution in [3.8, 4) is 5.88 Å². The maximum absolute atomic E-state index is 12.0. The first kappa shape index (κ1) is 18.0. The van der Waals surface area contributed by atoms with Crippen molar-refractivity contribution in [2.45, 2.75) is 32.7 Å². The topological polar surface area (TPSA) is 93.1 Å². The van der Waals surface area contributed by atoms with Crippen LogP contribution in [0.1, 0.15) is 42.3 Å². The average molecular weight is 390 g/mol. The van der Waals surface area contributed by atoms with Crippen molar-refractivity contribution in [1.82, 2.24) is 19.5 Å². The van der Waals surface area contributed by atoms with Gasteiger partial charge >= 0.3 is 5.97 Å². The molecule has 3 aromatic heterocycles. The Bertz CT molecular complexity index is 925. The van der Waals surface area contributed by atoms with Gasteiger partial charge in [-0.1, -0.05) is 11.3 Å². The van der Waals surface area contributed by atoms with Gasteiger partial charge in [0, 0.05) is 13.1 Å². The molecule has 0 spiro atoms. The van der Waals surface area contributed by atoms with Gasteiger partial charge in [0.1, 0.15) is 17.6 Å². The Morgan fingerprint density at radius 2 is 2.26 bits per heavy atom. The molecule has 8 nitrogen and oxygen atoms in total. The molecule has 1 unspecified atom stereocenters. The molecule has 1 N–H and O–H groups in total. The van der Waals surface area contributed by atoms with Crippen LogP contribution in [0.4, 0.5) is 0 Å². The first-order valence-corrected chi connectivity index (χ1v) is 9.89. The number of hydrogen-bond acceptors (Lipinski definition) is 8. The average Bonchev–Trinajstić information content (AvgIpc) is 3.36. The fourth-order valence-electron chi connectivity index (χ4n) is 3.60. The summed E-state index contributed by atoms with van der Waals surface area (Å²) in [6.45, 7) is 5.44. The maximum Gasteiger partial charge on any atom is 0.309 e. The summed E-state index contributed by atoms with van der Waals surface area (Å²) in [5, 5.41) is 15.0. The van der Waals surface area contributed by atoms with Crippen molar-refractivity contribution in [3.63, 3.8) is 0 Å². The lowest BCUT2D eigenvalue weighted by Gasteiger charge is -2.35. The van der Waals surface area contributed by atoms with E-state index in [9.17, 15) is 9.90 Å². The molecule has 0 aliphatic carbocycles. The Kier molecular flexibility index (Phi) is 4.88. The first-order valence-electron chi connectivity index (χ1n) is 9.07. The predicted molar refractivity (Wildman–Crippen MR) is 98.7 cm³/mol. The number of aromatic hydroxyl groups is 1. The van der Waals surface area contributed by atoms with E-state index in [1.54, 1.807) is 13.2 Å². The van der Waals surface area contributed by atoms with E-state index in [1.807, 2.05) is 19.1 Å². The third-order valence-corrected chi connectivity index (χ3v) is 5.95. The van der Waals surface area contributed by atoms with Gasteiger partial charge in [-0.05, 0) is 38.8 Å². The van der Waals surface area contributed by atoms with E-state index in [0.29, 0.717) is 30.5 Å². The van der Waals surface area contributed by atoms with E-state index in [0.717, 1.165) is 23.5 Å². The van der Waals surface area contributed by atoms with E-state index in [2.05, 4.69) is 15.0 Å². The normalized spacial score (nSPS) is 17.4. The number of piperidine rings is 1. The van der Waals surface area contributed by atoms with Crippen LogP contribution in [0.3, 0.4) is 0 Å². The SMILES string of the molecule is CCOC(=O)C1CCN(C(c2ccco2)c2sc3nc(C)nn3c2O)CC1. The lowest BCUT2D eigenvalue weighted by molar-refractivity contribution is -0.149. The monoisotopic (exact) mass is 390 g/mol. The van der Waals surface area contributed by atoms with Crippen LogP contribution < -0.4 is 0 Å². The molecule has 4 rings (SSSR count). The highest BCUT2D eigenvalue weighted by atomic mass is 32.1. The number of hydrogen-bond donors (Lipinski definition) is 1. The molecule has 144 valence electrons. The number of ether oxygens (including phenoxy) is 1. The minimum Gasteiger partial charge on any atom is -0.492 e. The smallest absolute Gasteiger partial charge is 0.309 e. The van der Waals surface area contributed by atoms with Crippen LogP contribution >= 0.6 is 11.3 Å². The van der Waals surface area contributed by atoms with Gasteiger partial charge in [0.15, 0.2) is 0 Å². The highest BCUT2D eigenvalue weighted by Crippen LogP contribution is 2.41. The Hall–Kier alpha value is -2.39. The molecule has 9 heteroatoms. The Balaban J connectivity index is 1.62. The van der Waals surface area contributed by atoms with Gasteiger partial charge in [-0.15, -0.1) is 5.10 Å². The van der Waals surface area contributed by atoms with Crippen LogP contribution in [0, 0.1) is 12.8 Å². The Labute approximate surface area is 160 Å². The van der Waals surface area contributed by atoms with Crippen LogP contribution in [-0.2, 0) is 9.53 Å². The number of aromatic nitrogens is 3. The summed E-state index contributed by atoms with van der Waals surface area (Å²) in [5.74, 6) is 1.26. The van der Waals surface area contributed by atoms with Gasteiger partial charge in [-0.2, -0.15) is 4.52 Å². The van der Waals surface area contributed by atoms with Crippen molar-refractivity contribution in [2.75, 3.05) is 19.7 Å². The number of likely N-dealkylation sites (tertiary alicyclic amines) is 1. The molecule has 1 aliphatic heterocycles. The quantitative estimate of drug-likeness (QED) is 0.670. The largest absolute Gasteiger partial charge is 0.492 e. The summed E-state index contributed by atoms with van der Waals surface area (Å²) in [6, 6.07) is 3.51. The van der Waals surface area contributed by atoms with Crippen LogP contribution in [-0.4, -0.2) is 50.3 Å². The standard InChI is InChI=1S/C18H22N4O4S/c1-3-25-17(24)12-6-8-21(9-7-12)14(13-5-4-10-26-13)15-16(23)22-18(27-15)19-11(2)20-22/h4-5,10,12,14,23H,3,6-9H2,1-2H3. The molecule has 1 saturated heterocycles. The zero-order valence-electron chi connectivity index (χ0n) is 15.3. The van der Waals surface area contributed by atoms with Crippen molar-refractivity contribution in [1.29, 1.82) is 0 Å². The van der Waals surface area contributed by atoms with Crippen LogP contribution in [0.25, 0.3) is 4.96 Å². The highest BCUT2D eigenvalue weighted by molar-refractivity contribution is 7.17. The van der Waals surface area contributed by atoms with Gasteiger partial charge in [-0.25, -0.2) is 4.98 Å². The van der Waals surface area contributed by atoms with Gasteiger partial charge < -0.3 is 14.3 Å². The van der Waals surface area contributed by atoms with Gasteiger partial charge in [0.05, 0.1) is 23.7 Å². The van der Waals surface area contributed by atoms with E-state index in [1.165, 1.54) is 15.9 Å². The number of carbonyl (C=O) groups is 1. The predicted octanol–water partition coefficient (Wildman–Crippen LogP) is 2.76. The van der Waals surface area contributed by atoms with Crippen molar-refractivity contribution in [3.05, 3.63) is 34.9 Å². The van der Waals surface area contributed by atoms with Crippen LogP contribution in [0.2, 0.25) is 0 Å². The van der Waals surface area contributed by atoms with E-state index in [-0.39, 0.29) is 23.8 Å². The van der Waals surface area contributed by atoms with Gasteiger partial charge in [-0.3, -0.25) is 9.69 Å². The number of aryl methyl sites for hydroxylation is 1. The van der Waals surface area contributed by atoms with E-state index in [4.69, 9.17) is 9.15 Å². The molecule has 27 heavy (non-hydrogen) atoms. The number of furan rings is 1. The number of esters is 1. The number of rotatable bonds is 5. The second-order valence-electron chi connectivity index (χ2n) is 6.62. The molecule has 0 radical (unpaired) electrons. The summed E-state index contributed by atoms with van der Waals surface area (Å²) < 4.78 is 12.3. The summed E-state index contributed by atoms with van der Waals surface area (Å²) in [4.78, 5) is 20.0. The Morgan fingerprint density at radius 3 is 2.89 bits per heavy atom. The molecule has 1 atom stereocenters. The molecule has 0 aromatic carbocycles. The highest BCUT2D eigenvalue weighted by Gasteiger charge is 2.35. The zero-order valence-corrected chi connectivity index (χ0v) is 16.1. The fourth-order valence-corrected chi connectivity index (χ4v) is 4.74. The first-order chi connectivity index (χ1) is 13.1. The number of nitrogens with zero attached hydrogens (tertiary/aromatic N) is 4. The molecule has 1 fully saturated rings. The minimum atomic E-state index is -0.239. The second kappa shape index (κ2) is 7.32. The molecule has 4 heterocycles. The van der Waals surface area contributed by atoms with Gasteiger partial charge in [0.2, 0.25) is 10.8 Å². The maximum atomic E-state index is 12.0. The number of carbonyl (C=O) groups excluding carboxylic acids is 1. The van der Waals surface area contributed by atoms with Crippen molar-refractivity contribution in [2.24, 2.45) is 5.92 Å². The number of fused-ring (bicyclic) bond motifs is 1. The summed E-state index contributed by atoms with van der Waals surface area (Å²) in [6.07, 6.45) is 3.07. The molecule has 3 aromatic rings. The lowest BCUT2D eigenvalue weighted by Crippen LogP contribution is -2.39. The van der Waals surface area contributed by atoms with Crippen molar-refractivity contribution < 1.29 is 19.1 Å². The molecule has 0 bridgehead atoms. The second-order valence-corrected chi connectivity index (χ2v) is 7.63. The van der Waals surface area contributed by atoms with Gasteiger partial charge in [0.25, 0.3) is 0 Å². The number of thiazole rings is 1. The molecular formula is C18H22N4O4S. The van der Waals surface area contributed by atoms with Crippen molar-refractivity contribution >= 4 is 22.3 Å². The molecule has 1 aliphatic rings. The zero-order chi connectivity index (χ0) is 19.0. The molecule has 0 saturated carbocycles. The third kappa shape index (κ3) is 3.32.